The molecule has 3 rings (SSSR count). The fourth-order valence-electron chi connectivity index (χ4n) is 2.22. The van der Waals surface area contributed by atoms with Gasteiger partial charge in [0, 0.05) is 5.02 Å². The van der Waals surface area contributed by atoms with Crippen LogP contribution in [-0.2, 0) is 9.53 Å². The molecule has 24 heavy (non-hydrogen) atoms. The van der Waals surface area contributed by atoms with E-state index in [2.05, 4.69) is 9.72 Å². The minimum atomic E-state index is -0.389. The Bertz CT molecular complexity index is 957. The molecule has 2 aromatic carbocycles. The number of para-hydroxylation sites is 1. The van der Waals surface area contributed by atoms with Gasteiger partial charge in [-0.25, -0.2) is 4.98 Å². The lowest BCUT2D eigenvalue weighted by atomic mass is 10.2. The predicted molar refractivity (Wildman–Crippen MR) is 95.1 cm³/mol. The Balaban J connectivity index is 2.22. The number of aromatic nitrogens is 2. The number of esters is 1. The first-order valence-corrected chi connectivity index (χ1v) is 8.44. The predicted octanol–water partition coefficient (Wildman–Crippen LogP) is 3.30. The first kappa shape index (κ1) is 16.5. The summed E-state index contributed by atoms with van der Waals surface area (Å²) in [5.41, 5.74) is 0.960. The lowest BCUT2D eigenvalue weighted by molar-refractivity contribution is -0.137. The Labute approximate surface area is 147 Å². The van der Waals surface area contributed by atoms with Crippen LogP contribution in [-0.4, -0.2) is 28.4 Å². The number of nitrogens with zero attached hydrogens (tertiary/aromatic N) is 2. The molecule has 0 N–H and O–H groups in total. The standard InChI is InChI=1S/C17H13ClN2O3S/c1-23-15(21)10-24-17-19-14-9-11(18)7-8-13(14)16(22)20(17)12-5-3-2-4-6-12/h2-9H,10H2,1H3. The van der Waals surface area contributed by atoms with Gasteiger partial charge in [-0.05, 0) is 30.3 Å². The van der Waals surface area contributed by atoms with Crippen molar-refractivity contribution in [2.75, 3.05) is 12.9 Å². The third-order valence-corrected chi connectivity index (χ3v) is 4.51. The van der Waals surface area contributed by atoms with E-state index in [0.717, 1.165) is 11.8 Å². The number of ether oxygens (including phenoxy) is 1. The zero-order valence-corrected chi connectivity index (χ0v) is 14.3. The van der Waals surface area contributed by atoms with Crippen LogP contribution in [0.5, 0.6) is 0 Å². The van der Waals surface area contributed by atoms with Gasteiger partial charge >= 0.3 is 5.97 Å². The summed E-state index contributed by atoms with van der Waals surface area (Å²) in [6.07, 6.45) is 0. The van der Waals surface area contributed by atoms with E-state index in [0.29, 0.717) is 26.8 Å². The average Bonchev–Trinajstić information content (AvgIpc) is 2.60. The summed E-state index contributed by atoms with van der Waals surface area (Å²) < 4.78 is 6.15. The summed E-state index contributed by atoms with van der Waals surface area (Å²) in [5.74, 6) is -0.331. The normalized spacial score (nSPS) is 10.8. The van der Waals surface area contributed by atoms with E-state index in [1.54, 1.807) is 18.2 Å². The lowest BCUT2D eigenvalue weighted by Crippen LogP contribution is -2.22. The quantitative estimate of drug-likeness (QED) is 0.406. The number of hydrogen-bond donors (Lipinski definition) is 0. The molecule has 0 aliphatic carbocycles. The van der Waals surface area contributed by atoms with Crippen molar-refractivity contribution >= 4 is 40.2 Å². The van der Waals surface area contributed by atoms with Crippen molar-refractivity contribution < 1.29 is 9.53 Å². The van der Waals surface area contributed by atoms with Crippen LogP contribution < -0.4 is 5.56 Å². The van der Waals surface area contributed by atoms with Gasteiger partial charge in [-0.15, -0.1) is 0 Å². The Hall–Kier alpha value is -2.31. The van der Waals surface area contributed by atoms with Gasteiger partial charge < -0.3 is 4.74 Å². The summed E-state index contributed by atoms with van der Waals surface area (Å²) in [5, 5.41) is 1.37. The molecule has 0 radical (unpaired) electrons. The molecule has 0 aliphatic heterocycles. The molecule has 7 heteroatoms. The van der Waals surface area contributed by atoms with Gasteiger partial charge in [0.05, 0.1) is 29.5 Å². The highest BCUT2D eigenvalue weighted by molar-refractivity contribution is 7.99. The summed E-state index contributed by atoms with van der Waals surface area (Å²) in [6, 6.07) is 14.1. The minimum absolute atomic E-state index is 0.0574. The number of halogens is 1. The van der Waals surface area contributed by atoms with Crippen molar-refractivity contribution in [1.29, 1.82) is 0 Å². The second kappa shape index (κ2) is 7.07. The van der Waals surface area contributed by atoms with Crippen LogP contribution in [0.2, 0.25) is 5.02 Å². The molecule has 0 aliphatic rings. The smallest absolute Gasteiger partial charge is 0.316 e. The van der Waals surface area contributed by atoms with Crippen LogP contribution in [0.15, 0.2) is 58.5 Å². The third kappa shape index (κ3) is 3.29. The summed E-state index contributed by atoms with van der Waals surface area (Å²) >= 11 is 7.14. The molecule has 0 saturated carbocycles. The van der Waals surface area contributed by atoms with Gasteiger partial charge in [-0.3, -0.25) is 14.2 Å². The lowest BCUT2D eigenvalue weighted by Gasteiger charge is -2.12. The Morgan fingerprint density at radius 1 is 1.25 bits per heavy atom. The van der Waals surface area contributed by atoms with Gasteiger partial charge in [0.15, 0.2) is 5.16 Å². The molecule has 1 heterocycles. The van der Waals surface area contributed by atoms with Crippen LogP contribution >= 0.6 is 23.4 Å². The van der Waals surface area contributed by atoms with E-state index in [4.69, 9.17) is 11.6 Å². The van der Waals surface area contributed by atoms with Gasteiger partial charge in [-0.1, -0.05) is 41.6 Å². The Morgan fingerprint density at radius 3 is 2.71 bits per heavy atom. The minimum Gasteiger partial charge on any atom is -0.468 e. The number of carbonyl (C=O) groups excluding carboxylic acids is 1. The van der Waals surface area contributed by atoms with Gasteiger partial charge in [0.1, 0.15) is 0 Å². The Kier molecular flexibility index (Phi) is 4.87. The zero-order valence-electron chi connectivity index (χ0n) is 12.7. The van der Waals surface area contributed by atoms with Gasteiger partial charge in [0.2, 0.25) is 0 Å². The Morgan fingerprint density at radius 2 is 2.00 bits per heavy atom. The first-order chi connectivity index (χ1) is 11.6. The molecule has 0 fully saturated rings. The summed E-state index contributed by atoms with van der Waals surface area (Å²) in [6.45, 7) is 0. The highest BCUT2D eigenvalue weighted by Gasteiger charge is 2.15. The number of carbonyl (C=O) groups is 1. The van der Waals surface area contributed by atoms with E-state index >= 15 is 0 Å². The number of fused-ring (bicyclic) bond motifs is 1. The molecule has 5 nitrogen and oxygen atoms in total. The molecule has 0 atom stereocenters. The van der Waals surface area contributed by atoms with Crippen molar-refractivity contribution in [2.45, 2.75) is 5.16 Å². The molecular formula is C17H13ClN2O3S. The second-order valence-electron chi connectivity index (χ2n) is 4.90. The van der Waals surface area contributed by atoms with Crippen molar-refractivity contribution in [3.63, 3.8) is 0 Å². The number of thioether (sulfide) groups is 1. The largest absolute Gasteiger partial charge is 0.468 e. The highest BCUT2D eigenvalue weighted by Crippen LogP contribution is 2.23. The molecule has 1 aromatic heterocycles. The fraction of sp³-hybridized carbons (Fsp3) is 0.118. The van der Waals surface area contributed by atoms with Crippen molar-refractivity contribution in [1.82, 2.24) is 9.55 Å². The van der Waals surface area contributed by atoms with Crippen LogP contribution in [0, 0.1) is 0 Å². The molecule has 0 saturated heterocycles. The van der Waals surface area contributed by atoms with Crippen molar-refractivity contribution in [3.05, 3.63) is 63.9 Å². The SMILES string of the molecule is COC(=O)CSc1nc2cc(Cl)ccc2c(=O)n1-c1ccccc1. The maximum Gasteiger partial charge on any atom is 0.316 e. The van der Waals surface area contributed by atoms with Gasteiger partial charge in [-0.2, -0.15) is 0 Å². The van der Waals surface area contributed by atoms with E-state index in [9.17, 15) is 9.59 Å². The number of benzene rings is 2. The van der Waals surface area contributed by atoms with E-state index in [-0.39, 0.29) is 17.3 Å². The van der Waals surface area contributed by atoms with Crippen LogP contribution in [0.1, 0.15) is 0 Å². The van der Waals surface area contributed by atoms with Crippen LogP contribution in [0.25, 0.3) is 16.6 Å². The third-order valence-electron chi connectivity index (χ3n) is 3.36. The fourth-order valence-corrected chi connectivity index (χ4v) is 3.23. The van der Waals surface area contributed by atoms with E-state index in [1.807, 2.05) is 30.3 Å². The van der Waals surface area contributed by atoms with E-state index < -0.39 is 0 Å². The molecule has 0 amide bonds. The zero-order chi connectivity index (χ0) is 17.1. The summed E-state index contributed by atoms with van der Waals surface area (Å²) in [7, 11) is 1.32. The van der Waals surface area contributed by atoms with Crippen molar-refractivity contribution in [3.8, 4) is 5.69 Å². The number of methoxy groups -OCH3 is 1. The maximum absolute atomic E-state index is 12.9. The second-order valence-corrected chi connectivity index (χ2v) is 6.28. The number of rotatable bonds is 4. The highest BCUT2D eigenvalue weighted by atomic mass is 35.5. The molecule has 0 unspecified atom stereocenters. The molecular weight excluding hydrogens is 348 g/mol. The van der Waals surface area contributed by atoms with Crippen molar-refractivity contribution in [2.24, 2.45) is 0 Å². The van der Waals surface area contributed by atoms with Crippen LogP contribution in [0.4, 0.5) is 0 Å². The maximum atomic E-state index is 12.9. The summed E-state index contributed by atoms with van der Waals surface area (Å²) in [4.78, 5) is 28.9. The van der Waals surface area contributed by atoms with Crippen LogP contribution in [0.3, 0.4) is 0 Å². The topological polar surface area (TPSA) is 61.2 Å². The number of hydrogen-bond acceptors (Lipinski definition) is 5. The first-order valence-electron chi connectivity index (χ1n) is 7.07. The average molecular weight is 361 g/mol. The monoisotopic (exact) mass is 360 g/mol. The van der Waals surface area contributed by atoms with Gasteiger partial charge in [0.25, 0.3) is 5.56 Å². The molecule has 122 valence electrons. The molecule has 0 spiro atoms. The molecule has 3 aromatic rings. The molecule has 0 bridgehead atoms. The van der Waals surface area contributed by atoms with E-state index in [1.165, 1.54) is 11.7 Å².